The molecule has 0 aliphatic carbocycles. The Bertz CT molecular complexity index is 745. The first-order chi connectivity index (χ1) is 12.0. The Hall–Kier alpha value is -2.37. The summed E-state index contributed by atoms with van der Waals surface area (Å²) in [6.07, 6.45) is 3.05. The predicted octanol–water partition coefficient (Wildman–Crippen LogP) is 1.68. The number of nitrogens with zero attached hydrogens (tertiary/aromatic N) is 2. The molecular formula is C19H23N3O3. The summed E-state index contributed by atoms with van der Waals surface area (Å²) < 4.78 is 0. The largest absolute Gasteiger partial charge is 0.371 e. The molecule has 3 aliphatic rings. The zero-order valence-electron chi connectivity index (χ0n) is 14.5. The predicted molar refractivity (Wildman–Crippen MR) is 93.1 cm³/mol. The minimum atomic E-state index is -0.550. The second-order valence-corrected chi connectivity index (χ2v) is 7.40. The summed E-state index contributed by atoms with van der Waals surface area (Å²) in [5, 5.41) is 2.36. The monoisotopic (exact) mass is 341 g/mol. The van der Waals surface area contributed by atoms with Gasteiger partial charge in [0.05, 0.1) is 5.56 Å². The molecule has 0 saturated carbocycles. The average Bonchev–Trinajstić information content (AvgIpc) is 2.92. The zero-order chi connectivity index (χ0) is 17.6. The smallest absolute Gasteiger partial charge is 0.257 e. The van der Waals surface area contributed by atoms with Crippen LogP contribution in [0.2, 0.25) is 0 Å². The van der Waals surface area contributed by atoms with Gasteiger partial charge in [0, 0.05) is 31.7 Å². The van der Waals surface area contributed by atoms with Crippen molar-refractivity contribution in [3.05, 3.63) is 29.3 Å². The van der Waals surface area contributed by atoms with Gasteiger partial charge in [-0.05, 0) is 36.8 Å². The number of amides is 3. The Kier molecular flexibility index (Phi) is 3.98. The molecule has 2 saturated heterocycles. The molecule has 3 heterocycles. The van der Waals surface area contributed by atoms with Gasteiger partial charge in [-0.1, -0.05) is 19.1 Å². The highest BCUT2D eigenvalue weighted by atomic mass is 16.2. The summed E-state index contributed by atoms with van der Waals surface area (Å²) in [4.78, 5) is 40.6. The van der Waals surface area contributed by atoms with E-state index >= 15 is 0 Å². The number of fused-ring (bicyclic) bond motifs is 1. The number of rotatable bonds is 2. The van der Waals surface area contributed by atoms with E-state index in [9.17, 15) is 14.4 Å². The minimum absolute atomic E-state index is 0.0849. The van der Waals surface area contributed by atoms with E-state index in [4.69, 9.17) is 0 Å². The summed E-state index contributed by atoms with van der Waals surface area (Å²) in [6, 6.07) is 5.43. The number of benzene rings is 1. The van der Waals surface area contributed by atoms with Crippen LogP contribution >= 0.6 is 0 Å². The van der Waals surface area contributed by atoms with Crippen LogP contribution in [0.4, 0.5) is 5.69 Å². The van der Waals surface area contributed by atoms with Crippen molar-refractivity contribution in [1.29, 1.82) is 0 Å². The fourth-order valence-corrected chi connectivity index (χ4v) is 4.27. The Morgan fingerprint density at radius 1 is 1.16 bits per heavy atom. The molecule has 6 heteroatoms. The highest BCUT2D eigenvalue weighted by Gasteiger charge is 2.40. The first-order valence-electron chi connectivity index (χ1n) is 9.06. The summed E-state index contributed by atoms with van der Waals surface area (Å²) in [5.41, 5.74) is 2.70. The summed E-state index contributed by atoms with van der Waals surface area (Å²) in [5.74, 6) is -0.0790. The first kappa shape index (κ1) is 16.1. The molecule has 4 rings (SSSR count). The molecule has 1 N–H and O–H groups in total. The number of anilines is 1. The molecule has 3 amide bonds. The van der Waals surface area contributed by atoms with Gasteiger partial charge < -0.3 is 9.80 Å². The van der Waals surface area contributed by atoms with Gasteiger partial charge in [-0.25, -0.2) is 0 Å². The minimum Gasteiger partial charge on any atom is -0.371 e. The van der Waals surface area contributed by atoms with E-state index in [2.05, 4.69) is 17.1 Å². The SMILES string of the molecule is CC1CCCN(c2cccc3c2C(=O)N(C2CCC(=O)NC2=O)C3)C1. The van der Waals surface area contributed by atoms with Gasteiger partial charge in [-0.15, -0.1) is 0 Å². The van der Waals surface area contributed by atoms with Gasteiger partial charge in [-0.3, -0.25) is 19.7 Å². The van der Waals surface area contributed by atoms with Crippen molar-refractivity contribution in [2.45, 2.75) is 45.2 Å². The van der Waals surface area contributed by atoms with E-state index in [1.807, 2.05) is 18.2 Å². The van der Waals surface area contributed by atoms with E-state index in [-0.39, 0.29) is 24.1 Å². The molecular weight excluding hydrogens is 318 g/mol. The maximum atomic E-state index is 13.1. The Balaban J connectivity index is 1.62. The molecule has 6 nitrogen and oxygen atoms in total. The third-order valence-electron chi connectivity index (χ3n) is 5.53. The lowest BCUT2D eigenvalue weighted by Crippen LogP contribution is -2.52. The van der Waals surface area contributed by atoms with Crippen LogP contribution in [-0.2, 0) is 16.1 Å². The number of piperidine rings is 2. The summed E-state index contributed by atoms with van der Waals surface area (Å²) in [6.45, 7) is 4.61. The van der Waals surface area contributed by atoms with Gasteiger partial charge in [0.1, 0.15) is 6.04 Å². The third kappa shape index (κ3) is 2.79. The molecule has 1 aromatic carbocycles. The Labute approximate surface area is 147 Å². The lowest BCUT2D eigenvalue weighted by molar-refractivity contribution is -0.136. The second-order valence-electron chi connectivity index (χ2n) is 7.40. The van der Waals surface area contributed by atoms with Gasteiger partial charge in [0.15, 0.2) is 0 Å². The van der Waals surface area contributed by atoms with Crippen LogP contribution in [0, 0.1) is 5.92 Å². The quantitative estimate of drug-likeness (QED) is 0.831. The average molecular weight is 341 g/mol. The van der Waals surface area contributed by atoms with E-state index in [0.717, 1.165) is 36.3 Å². The highest BCUT2D eigenvalue weighted by Crippen LogP contribution is 2.35. The molecule has 2 unspecified atom stereocenters. The molecule has 2 fully saturated rings. The number of hydrogen-bond acceptors (Lipinski definition) is 4. The van der Waals surface area contributed by atoms with Crippen molar-refractivity contribution < 1.29 is 14.4 Å². The molecule has 3 aliphatic heterocycles. The standard InChI is InChI=1S/C19H23N3O3/c1-12-4-3-9-21(10-12)14-6-2-5-13-11-22(19(25)17(13)14)15-7-8-16(23)20-18(15)24/h2,5-6,12,15H,3-4,7-11H2,1H3,(H,20,23,24). The topological polar surface area (TPSA) is 69.7 Å². The van der Waals surface area contributed by atoms with Crippen LogP contribution in [-0.4, -0.2) is 41.8 Å². The maximum Gasteiger partial charge on any atom is 0.257 e. The maximum absolute atomic E-state index is 13.1. The van der Waals surface area contributed by atoms with Crippen LogP contribution in [0.25, 0.3) is 0 Å². The van der Waals surface area contributed by atoms with Crippen LogP contribution < -0.4 is 10.2 Å². The lowest BCUT2D eigenvalue weighted by atomic mass is 9.98. The Morgan fingerprint density at radius 2 is 2.00 bits per heavy atom. The molecule has 0 spiro atoms. The van der Waals surface area contributed by atoms with Gasteiger partial charge >= 0.3 is 0 Å². The molecule has 0 bridgehead atoms. The number of carbonyl (C=O) groups is 3. The van der Waals surface area contributed by atoms with Crippen molar-refractivity contribution in [1.82, 2.24) is 10.2 Å². The van der Waals surface area contributed by atoms with Crippen molar-refractivity contribution in [3.63, 3.8) is 0 Å². The van der Waals surface area contributed by atoms with Gasteiger partial charge in [0.2, 0.25) is 11.8 Å². The first-order valence-corrected chi connectivity index (χ1v) is 9.06. The van der Waals surface area contributed by atoms with Crippen molar-refractivity contribution in [2.24, 2.45) is 5.92 Å². The van der Waals surface area contributed by atoms with E-state index < -0.39 is 6.04 Å². The summed E-state index contributed by atoms with van der Waals surface area (Å²) >= 11 is 0. The van der Waals surface area contributed by atoms with Gasteiger partial charge in [0.25, 0.3) is 5.91 Å². The molecule has 1 aromatic rings. The lowest BCUT2D eigenvalue weighted by Gasteiger charge is -2.34. The number of imide groups is 1. The molecule has 132 valence electrons. The zero-order valence-corrected chi connectivity index (χ0v) is 14.5. The molecule has 25 heavy (non-hydrogen) atoms. The van der Waals surface area contributed by atoms with E-state index in [0.29, 0.717) is 18.9 Å². The molecule has 0 aromatic heterocycles. The normalized spacial score (nSPS) is 26.7. The van der Waals surface area contributed by atoms with E-state index in [1.165, 1.54) is 6.42 Å². The summed E-state index contributed by atoms with van der Waals surface area (Å²) in [7, 11) is 0. The van der Waals surface area contributed by atoms with Crippen LogP contribution in [0.5, 0.6) is 0 Å². The van der Waals surface area contributed by atoms with Crippen molar-refractivity contribution in [3.8, 4) is 0 Å². The van der Waals surface area contributed by atoms with Crippen molar-refractivity contribution in [2.75, 3.05) is 18.0 Å². The second kappa shape index (κ2) is 6.17. The van der Waals surface area contributed by atoms with E-state index in [1.54, 1.807) is 4.90 Å². The number of nitrogens with one attached hydrogen (secondary N) is 1. The van der Waals surface area contributed by atoms with Crippen molar-refractivity contribution >= 4 is 23.4 Å². The van der Waals surface area contributed by atoms with Crippen LogP contribution in [0.1, 0.15) is 48.5 Å². The molecule has 2 atom stereocenters. The third-order valence-corrected chi connectivity index (χ3v) is 5.53. The van der Waals surface area contributed by atoms with Crippen LogP contribution in [0.3, 0.4) is 0 Å². The fourth-order valence-electron chi connectivity index (χ4n) is 4.27. The Morgan fingerprint density at radius 3 is 2.76 bits per heavy atom. The number of carbonyl (C=O) groups excluding carboxylic acids is 3. The highest BCUT2D eigenvalue weighted by molar-refractivity contribution is 6.07. The molecule has 0 radical (unpaired) electrons. The number of hydrogen-bond donors (Lipinski definition) is 1. The fraction of sp³-hybridized carbons (Fsp3) is 0.526. The van der Waals surface area contributed by atoms with Crippen LogP contribution in [0.15, 0.2) is 18.2 Å². The van der Waals surface area contributed by atoms with Gasteiger partial charge in [-0.2, -0.15) is 0 Å².